The molecule has 2 unspecified atom stereocenters. The summed E-state index contributed by atoms with van der Waals surface area (Å²) in [5, 5.41) is 0. The molecule has 2 rings (SSSR count). The van der Waals surface area contributed by atoms with Gasteiger partial charge < -0.3 is 15.4 Å². The van der Waals surface area contributed by atoms with Gasteiger partial charge in [0.25, 0.3) is 0 Å². The molecule has 2 heterocycles. The second-order valence-corrected chi connectivity index (χ2v) is 4.74. The van der Waals surface area contributed by atoms with E-state index in [4.69, 9.17) is 10.5 Å². The molecule has 1 aliphatic heterocycles. The molecule has 0 aromatic carbocycles. The Kier molecular flexibility index (Phi) is 4.14. The summed E-state index contributed by atoms with van der Waals surface area (Å²) < 4.78 is 19.6. The van der Waals surface area contributed by atoms with E-state index in [9.17, 15) is 4.39 Å². The number of nitrogens with zero attached hydrogens (tertiary/aromatic N) is 2. The number of methoxy groups -OCH3 is 1. The largest absolute Gasteiger partial charge is 0.381 e. The Bertz CT molecular complexity index is 413. The molecule has 0 amide bonds. The van der Waals surface area contributed by atoms with Gasteiger partial charge in [-0.05, 0) is 25.8 Å². The maximum absolute atomic E-state index is 14.2. The van der Waals surface area contributed by atoms with Crippen LogP contribution in [0.5, 0.6) is 0 Å². The lowest BCUT2D eigenvalue weighted by Crippen LogP contribution is -2.44. The van der Waals surface area contributed by atoms with Gasteiger partial charge in [-0.15, -0.1) is 0 Å². The van der Waals surface area contributed by atoms with Crippen molar-refractivity contribution in [1.29, 1.82) is 0 Å². The molecule has 2 N–H and O–H groups in total. The monoisotopic (exact) mass is 253 g/mol. The van der Waals surface area contributed by atoms with Crippen molar-refractivity contribution in [2.24, 2.45) is 5.73 Å². The van der Waals surface area contributed by atoms with Crippen LogP contribution < -0.4 is 10.6 Å². The predicted octanol–water partition coefficient (Wildman–Crippen LogP) is 1.68. The summed E-state index contributed by atoms with van der Waals surface area (Å²) in [6.07, 6.45) is 3.67. The van der Waals surface area contributed by atoms with E-state index in [0.29, 0.717) is 11.4 Å². The highest BCUT2D eigenvalue weighted by atomic mass is 19.1. The minimum Gasteiger partial charge on any atom is -0.381 e. The Hall–Kier alpha value is -1.20. The van der Waals surface area contributed by atoms with Crippen LogP contribution in [0.1, 0.15) is 25.3 Å². The van der Waals surface area contributed by atoms with E-state index in [-0.39, 0.29) is 24.5 Å². The van der Waals surface area contributed by atoms with Crippen LogP contribution in [0.2, 0.25) is 0 Å². The van der Waals surface area contributed by atoms with Crippen LogP contribution in [0.15, 0.2) is 12.3 Å². The molecule has 1 saturated heterocycles. The zero-order chi connectivity index (χ0) is 13.1. The third kappa shape index (κ3) is 2.47. The lowest BCUT2D eigenvalue weighted by molar-refractivity contribution is 0.0718. The first-order valence-electron chi connectivity index (χ1n) is 6.30. The van der Waals surface area contributed by atoms with Crippen molar-refractivity contribution in [3.05, 3.63) is 23.6 Å². The first-order valence-corrected chi connectivity index (χ1v) is 6.30. The van der Waals surface area contributed by atoms with Gasteiger partial charge in [0.2, 0.25) is 0 Å². The first-order chi connectivity index (χ1) is 8.67. The molecule has 0 aliphatic carbocycles. The average Bonchev–Trinajstić information content (AvgIpc) is 2.39. The summed E-state index contributed by atoms with van der Waals surface area (Å²) in [6, 6.07) is 1.85. The number of aromatic nitrogens is 1. The summed E-state index contributed by atoms with van der Waals surface area (Å²) in [5.74, 6) is 0.128. The average molecular weight is 253 g/mol. The summed E-state index contributed by atoms with van der Waals surface area (Å²) in [4.78, 5) is 6.17. The molecule has 1 aromatic heterocycles. The number of hydrogen-bond acceptors (Lipinski definition) is 4. The Morgan fingerprint density at radius 3 is 3.00 bits per heavy atom. The minimum absolute atomic E-state index is 0.199. The molecule has 1 fully saturated rings. The van der Waals surface area contributed by atoms with E-state index in [1.165, 1.54) is 0 Å². The van der Waals surface area contributed by atoms with Gasteiger partial charge in [0, 0.05) is 38.0 Å². The predicted molar refractivity (Wildman–Crippen MR) is 68.9 cm³/mol. The van der Waals surface area contributed by atoms with E-state index >= 15 is 0 Å². The van der Waals surface area contributed by atoms with Crippen LogP contribution >= 0.6 is 0 Å². The van der Waals surface area contributed by atoms with Gasteiger partial charge in [-0.1, -0.05) is 0 Å². The Morgan fingerprint density at radius 2 is 2.39 bits per heavy atom. The van der Waals surface area contributed by atoms with Crippen molar-refractivity contribution in [1.82, 2.24) is 4.98 Å². The molecular weight excluding hydrogens is 233 g/mol. The van der Waals surface area contributed by atoms with Crippen molar-refractivity contribution >= 4 is 5.82 Å². The molecule has 100 valence electrons. The van der Waals surface area contributed by atoms with Crippen LogP contribution in [0.4, 0.5) is 10.2 Å². The molecule has 4 nitrogen and oxygen atoms in total. The molecule has 0 spiro atoms. The highest BCUT2D eigenvalue weighted by molar-refractivity contribution is 5.44. The number of halogens is 1. The summed E-state index contributed by atoms with van der Waals surface area (Å²) in [6.45, 7) is 3.03. The van der Waals surface area contributed by atoms with Crippen LogP contribution in [-0.2, 0) is 11.3 Å². The Labute approximate surface area is 107 Å². The number of nitrogens with two attached hydrogens (primary N) is 1. The second-order valence-electron chi connectivity index (χ2n) is 4.74. The zero-order valence-corrected chi connectivity index (χ0v) is 10.9. The summed E-state index contributed by atoms with van der Waals surface area (Å²) in [7, 11) is 1.72. The fourth-order valence-electron chi connectivity index (χ4n) is 2.49. The van der Waals surface area contributed by atoms with Crippen molar-refractivity contribution in [2.45, 2.75) is 38.5 Å². The highest BCUT2D eigenvalue weighted by Crippen LogP contribution is 2.27. The van der Waals surface area contributed by atoms with Crippen LogP contribution in [0, 0.1) is 5.82 Å². The van der Waals surface area contributed by atoms with Gasteiger partial charge in [0.1, 0.15) is 0 Å². The van der Waals surface area contributed by atoms with Crippen LogP contribution in [0.3, 0.4) is 0 Å². The molecule has 18 heavy (non-hydrogen) atoms. The van der Waals surface area contributed by atoms with Gasteiger partial charge in [-0.25, -0.2) is 9.37 Å². The third-order valence-corrected chi connectivity index (χ3v) is 3.60. The van der Waals surface area contributed by atoms with Crippen LogP contribution in [-0.4, -0.2) is 30.8 Å². The van der Waals surface area contributed by atoms with E-state index < -0.39 is 0 Å². The van der Waals surface area contributed by atoms with Gasteiger partial charge in [-0.3, -0.25) is 0 Å². The molecule has 2 atom stereocenters. The van der Waals surface area contributed by atoms with Crippen molar-refractivity contribution in [3.63, 3.8) is 0 Å². The third-order valence-electron chi connectivity index (χ3n) is 3.60. The zero-order valence-electron chi connectivity index (χ0n) is 10.9. The number of hydrogen-bond donors (Lipinski definition) is 1. The van der Waals surface area contributed by atoms with Crippen LogP contribution in [0.25, 0.3) is 0 Å². The second kappa shape index (κ2) is 5.63. The maximum Gasteiger partial charge on any atom is 0.170 e. The van der Waals surface area contributed by atoms with Gasteiger partial charge in [0.05, 0.1) is 6.10 Å². The summed E-state index contributed by atoms with van der Waals surface area (Å²) >= 11 is 0. The van der Waals surface area contributed by atoms with E-state index in [2.05, 4.69) is 11.9 Å². The number of piperidine rings is 1. The molecule has 0 bridgehead atoms. The lowest BCUT2D eigenvalue weighted by Gasteiger charge is -2.38. The summed E-state index contributed by atoms with van der Waals surface area (Å²) in [5.41, 5.74) is 6.04. The van der Waals surface area contributed by atoms with Crippen molar-refractivity contribution in [2.75, 3.05) is 18.6 Å². The Balaban J connectivity index is 2.22. The minimum atomic E-state index is -0.289. The standard InChI is InChI=1S/C13H20FN3O/c1-9-7-11(18-2)4-6-17(9)13-12(14)10(8-15)3-5-16-13/h3,5,9,11H,4,6-8,15H2,1-2H3. The molecule has 1 aromatic rings. The smallest absolute Gasteiger partial charge is 0.170 e. The Morgan fingerprint density at radius 1 is 1.61 bits per heavy atom. The van der Waals surface area contributed by atoms with E-state index in [1.807, 2.05) is 4.90 Å². The van der Waals surface area contributed by atoms with Crippen molar-refractivity contribution in [3.8, 4) is 0 Å². The fraction of sp³-hybridized carbons (Fsp3) is 0.615. The van der Waals surface area contributed by atoms with Gasteiger partial charge >= 0.3 is 0 Å². The number of rotatable bonds is 3. The number of ether oxygens (including phenoxy) is 1. The molecule has 0 radical (unpaired) electrons. The van der Waals surface area contributed by atoms with Gasteiger partial charge in [0.15, 0.2) is 11.6 Å². The molecule has 0 saturated carbocycles. The SMILES string of the molecule is COC1CCN(c2nccc(CN)c2F)C(C)C1. The first kappa shape index (κ1) is 13.2. The topological polar surface area (TPSA) is 51.4 Å². The maximum atomic E-state index is 14.2. The molecule has 5 heteroatoms. The fourth-order valence-corrected chi connectivity index (χ4v) is 2.49. The molecule has 1 aliphatic rings. The highest BCUT2D eigenvalue weighted by Gasteiger charge is 2.28. The lowest BCUT2D eigenvalue weighted by atomic mass is 10.0. The quantitative estimate of drug-likeness (QED) is 0.890. The van der Waals surface area contributed by atoms with E-state index in [0.717, 1.165) is 19.4 Å². The molecular formula is C13H20FN3O. The van der Waals surface area contributed by atoms with Crippen molar-refractivity contribution < 1.29 is 9.13 Å². The number of pyridine rings is 1. The van der Waals surface area contributed by atoms with E-state index in [1.54, 1.807) is 19.4 Å². The van der Waals surface area contributed by atoms with Gasteiger partial charge in [-0.2, -0.15) is 0 Å². The number of anilines is 1. The normalized spacial score (nSPS) is 24.3.